The van der Waals surface area contributed by atoms with Gasteiger partial charge in [-0.3, -0.25) is 0 Å². The molecule has 1 aliphatic heterocycles. The number of benzene rings is 1. The normalized spacial score (nSPS) is 16.4. The lowest BCUT2D eigenvalue weighted by Crippen LogP contribution is -2.47. The molecule has 1 aliphatic rings. The number of carbonyl (C=O) groups is 1. The maximum atomic E-state index is 12.1. The Morgan fingerprint density at radius 1 is 1.30 bits per heavy atom. The number of piperidine rings is 1. The van der Waals surface area contributed by atoms with Gasteiger partial charge in [-0.2, -0.15) is 0 Å². The van der Waals surface area contributed by atoms with Crippen molar-refractivity contribution in [1.29, 1.82) is 0 Å². The van der Waals surface area contributed by atoms with Crippen LogP contribution in [0.5, 0.6) is 0 Å². The van der Waals surface area contributed by atoms with Crippen LogP contribution in [0.25, 0.3) is 0 Å². The average molecular weight is 319 g/mol. The molecule has 0 spiro atoms. The highest BCUT2D eigenvalue weighted by Crippen LogP contribution is 2.15. The number of ether oxygens (including phenoxy) is 1. The fourth-order valence-corrected chi connectivity index (χ4v) is 2.57. The molecule has 0 unspecified atom stereocenters. The number of likely N-dealkylation sites (tertiary alicyclic amines) is 1. The third kappa shape index (κ3) is 5.84. The van der Waals surface area contributed by atoms with Crippen LogP contribution < -0.4 is 11.1 Å². The zero-order chi connectivity index (χ0) is 16.7. The molecule has 1 saturated heterocycles. The lowest BCUT2D eigenvalue weighted by Gasteiger charge is -2.34. The van der Waals surface area contributed by atoms with Crippen LogP contribution in [0, 0.1) is 5.41 Å². The smallest absolute Gasteiger partial charge is 0.410 e. The number of carbonyl (C=O) groups excluding carboxylic acids is 1. The first-order valence-corrected chi connectivity index (χ1v) is 8.39. The summed E-state index contributed by atoms with van der Waals surface area (Å²) in [6, 6.07) is 10.2. The van der Waals surface area contributed by atoms with Crippen molar-refractivity contribution in [2.24, 2.45) is 11.1 Å². The van der Waals surface area contributed by atoms with Gasteiger partial charge in [0.25, 0.3) is 0 Å². The van der Waals surface area contributed by atoms with Crippen molar-refractivity contribution in [1.82, 2.24) is 10.2 Å². The number of rotatable bonds is 6. The molecule has 1 fully saturated rings. The van der Waals surface area contributed by atoms with E-state index >= 15 is 0 Å². The highest BCUT2D eigenvalue weighted by Gasteiger charge is 2.25. The molecule has 1 aromatic rings. The third-order valence-electron chi connectivity index (χ3n) is 4.38. The van der Waals surface area contributed by atoms with Gasteiger partial charge in [-0.1, -0.05) is 44.2 Å². The summed E-state index contributed by atoms with van der Waals surface area (Å²) in [6.07, 6.45) is 1.71. The summed E-state index contributed by atoms with van der Waals surface area (Å²) in [5.74, 6) is 0. The lowest BCUT2D eigenvalue weighted by molar-refractivity contribution is 0.0846. The van der Waals surface area contributed by atoms with E-state index in [1.807, 2.05) is 30.3 Å². The molecular formula is C18H29N3O2. The Balaban J connectivity index is 1.68. The van der Waals surface area contributed by atoms with E-state index in [1.165, 1.54) is 0 Å². The minimum absolute atomic E-state index is 0.117. The van der Waals surface area contributed by atoms with Gasteiger partial charge < -0.3 is 20.7 Å². The summed E-state index contributed by atoms with van der Waals surface area (Å²) in [5.41, 5.74) is 6.89. The number of nitrogens with one attached hydrogen (secondary N) is 1. The van der Waals surface area contributed by atoms with Gasteiger partial charge in [0.2, 0.25) is 0 Å². The Bertz CT molecular complexity index is 482. The molecule has 0 aliphatic carbocycles. The Hall–Kier alpha value is -1.59. The number of amides is 1. The van der Waals surface area contributed by atoms with Crippen LogP contribution in [0.2, 0.25) is 0 Å². The lowest BCUT2D eigenvalue weighted by atomic mass is 9.93. The summed E-state index contributed by atoms with van der Waals surface area (Å²) < 4.78 is 5.38. The molecule has 5 nitrogen and oxygen atoms in total. The topological polar surface area (TPSA) is 67.6 Å². The van der Waals surface area contributed by atoms with Crippen LogP contribution in [0.1, 0.15) is 32.3 Å². The first kappa shape index (κ1) is 17.8. The van der Waals surface area contributed by atoms with E-state index in [0.29, 0.717) is 19.2 Å². The molecule has 23 heavy (non-hydrogen) atoms. The van der Waals surface area contributed by atoms with Gasteiger partial charge in [-0.05, 0) is 30.4 Å². The first-order chi connectivity index (χ1) is 11.0. The van der Waals surface area contributed by atoms with Crippen molar-refractivity contribution in [3.63, 3.8) is 0 Å². The van der Waals surface area contributed by atoms with Crippen LogP contribution in [0.4, 0.5) is 4.79 Å². The molecule has 0 aromatic heterocycles. The van der Waals surface area contributed by atoms with Crippen molar-refractivity contribution in [3.05, 3.63) is 35.9 Å². The van der Waals surface area contributed by atoms with Crippen molar-refractivity contribution in [3.8, 4) is 0 Å². The van der Waals surface area contributed by atoms with E-state index in [2.05, 4.69) is 19.2 Å². The predicted molar refractivity (Wildman–Crippen MR) is 92.1 cm³/mol. The van der Waals surface area contributed by atoms with Crippen molar-refractivity contribution < 1.29 is 9.53 Å². The molecule has 0 radical (unpaired) electrons. The second-order valence-corrected chi connectivity index (χ2v) is 7.05. The van der Waals surface area contributed by atoms with Crippen LogP contribution in [-0.2, 0) is 11.3 Å². The quantitative estimate of drug-likeness (QED) is 0.845. The molecule has 128 valence electrons. The number of hydrogen-bond donors (Lipinski definition) is 2. The summed E-state index contributed by atoms with van der Waals surface area (Å²) in [6.45, 7) is 7.73. The fourth-order valence-electron chi connectivity index (χ4n) is 2.57. The van der Waals surface area contributed by atoms with E-state index < -0.39 is 0 Å². The molecule has 3 N–H and O–H groups in total. The predicted octanol–water partition coefficient (Wildman–Crippen LogP) is 2.36. The van der Waals surface area contributed by atoms with Gasteiger partial charge in [0.05, 0.1) is 0 Å². The zero-order valence-electron chi connectivity index (χ0n) is 14.3. The molecule has 2 rings (SSSR count). The second kappa shape index (κ2) is 8.31. The second-order valence-electron chi connectivity index (χ2n) is 7.05. The Labute approximate surface area is 139 Å². The van der Waals surface area contributed by atoms with Gasteiger partial charge in [0, 0.05) is 25.7 Å². The Morgan fingerprint density at radius 2 is 1.96 bits per heavy atom. The van der Waals surface area contributed by atoms with Crippen LogP contribution >= 0.6 is 0 Å². The zero-order valence-corrected chi connectivity index (χ0v) is 14.3. The van der Waals surface area contributed by atoms with Crippen LogP contribution in [0.15, 0.2) is 30.3 Å². The molecular weight excluding hydrogens is 290 g/mol. The molecule has 1 amide bonds. The van der Waals surface area contributed by atoms with Crippen LogP contribution in [0.3, 0.4) is 0 Å². The summed E-state index contributed by atoms with van der Waals surface area (Å²) in [7, 11) is 0. The molecule has 0 bridgehead atoms. The van der Waals surface area contributed by atoms with E-state index in [9.17, 15) is 4.79 Å². The average Bonchev–Trinajstić information content (AvgIpc) is 2.59. The molecule has 5 heteroatoms. The highest BCUT2D eigenvalue weighted by molar-refractivity contribution is 5.67. The van der Waals surface area contributed by atoms with Gasteiger partial charge in [-0.25, -0.2) is 4.79 Å². The number of nitrogens with two attached hydrogens (primary N) is 1. The molecule has 1 heterocycles. The van der Waals surface area contributed by atoms with Gasteiger partial charge in [0.1, 0.15) is 6.61 Å². The monoisotopic (exact) mass is 319 g/mol. The van der Waals surface area contributed by atoms with Gasteiger partial charge in [0.15, 0.2) is 0 Å². The van der Waals surface area contributed by atoms with Crippen molar-refractivity contribution >= 4 is 6.09 Å². The van der Waals surface area contributed by atoms with Crippen molar-refractivity contribution in [2.75, 3.05) is 26.2 Å². The maximum absolute atomic E-state index is 12.1. The first-order valence-electron chi connectivity index (χ1n) is 8.39. The fraction of sp³-hybridized carbons (Fsp3) is 0.611. The van der Waals surface area contributed by atoms with E-state index in [1.54, 1.807) is 4.90 Å². The summed E-state index contributed by atoms with van der Waals surface area (Å²) in [4.78, 5) is 13.9. The Kier molecular flexibility index (Phi) is 6.42. The molecule has 0 atom stereocenters. The SMILES string of the molecule is CC(C)(CN)CNC1CCN(C(=O)OCc2ccccc2)CC1. The summed E-state index contributed by atoms with van der Waals surface area (Å²) in [5, 5.41) is 3.57. The van der Waals surface area contributed by atoms with Crippen molar-refractivity contribution in [2.45, 2.75) is 39.3 Å². The van der Waals surface area contributed by atoms with E-state index in [-0.39, 0.29) is 11.5 Å². The largest absolute Gasteiger partial charge is 0.445 e. The third-order valence-corrected chi connectivity index (χ3v) is 4.38. The minimum Gasteiger partial charge on any atom is -0.445 e. The van der Waals surface area contributed by atoms with E-state index in [4.69, 9.17) is 10.5 Å². The standard InChI is InChI=1S/C18H29N3O2/c1-18(2,13-19)14-20-16-8-10-21(11-9-16)17(22)23-12-15-6-4-3-5-7-15/h3-7,16,20H,8-14,19H2,1-2H3. The van der Waals surface area contributed by atoms with Crippen LogP contribution in [-0.4, -0.2) is 43.2 Å². The Morgan fingerprint density at radius 3 is 2.57 bits per heavy atom. The van der Waals surface area contributed by atoms with Gasteiger partial charge in [-0.15, -0.1) is 0 Å². The molecule has 1 aromatic carbocycles. The minimum atomic E-state index is -0.213. The van der Waals surface area contributed by atoms with E-state index in [0.717, 1.165) is 38.0 Å². The number of nitrogens with zero attached hydrogens (tertiary/aromatic N) is 1. The summed E-state index contributed by atoms with van der Waals surface area (Å²) >= 11 is 0. The maximum Gasteiger partial charge on any atom is 0.410 e. The molecule has 0 saturated carbocycles. The highest BCUT2D eigenvalue weighted by atomic mass is 16.6. The number of hydrogen-bond acceptors (Lipinski definition) is 4. The van der Waals surface area contributed by atoms with Gasteiger partial charge >= 0.3 is 6.09 Å².